The van der Waals surface area contributed by atoms with Gasteiger partial charge >= 0.3 is 5.97 Å². The Balaban J connectivity index is 1.91. The number of H-pyrrole nitrogens is 1. The zero-order chi connectivity index (χ0) is 13.0. The summed E-state index contributed by atoms with van der Waals surface area (Å²) >= 11 is 0. The topological polar surface area (TPSA) is 90.0 Å². The van der Waals surface area contributed by atoms with Crippen molar-refractivity contribution in [2.45, 2.75) is 12.6 Å². The van der Waals surface area contributed by atoms with Gasteiger partial charge < -0.3 is 20.7 Å². The highest BCUT2D eigenvalue weighted by Crippen LogP contribution is 2.11. The van der Waals surface area contributed by atoms with Crippen LogP contribution in [0, 0.1) is 0 Å². The highest BCUT2D eigenvalue weighted by molar-refractivity contribution is 5.75. The molecule has 0 bridgehead atoms. The highest BCUT2D eigenvalue weighted by Gasteiger charge is 2.13. The summed E-state index contributed by atoms with van der Waals surface area (Å²) < 4.78 is 0. The van der Waals surface area contributed by atoms with Gasteiger partial charge in [-0.05, 0) is 24.7 Å². The average molecular weight is 248 g/mol. The van der Waals surface area contributed by atoms with E-state index >= 15 is 0 Å². The number of carboxylic acids is 1. The molecule has 0 radical (unpaired) electrons. The molecule has 4 N–H and O–H groups in total. The molecule has 0 aliphatic rings. The van der Waals surface area contributed by atoms with E-state index in [2.05, 4.69) is 20.6 Å². The number of hydrogen-bond donors (Lipinski definition) is 4. The van der Waals surface area contributed by atoms with Crippen LogP contribution in [0.3, 0.4) is 0 Å². The first-order valence-electron chi connectivity index (χ1n) is 5.73. The number of aliphatic carboxylic acids is 1. The molecule has 0 aliphatic carbocycles. The van der Waals surface area contributed by atoms with E-state index in [1.807, 2.05) is 18.2 Å². The maximum absolute atomic E-state index is 10.8. The van der Waals surface area contributed by atoms with Crippen molar-refractivity contribution in [3.05, 3.63) is 30.1 Å². The number of nitrogens with one attached hydrogen (secondary N) is 3. The number of likely N-dealkylation sites (N-methyl/N-ethyl adjacent to an activating group) is 1. The number of imidazole rings is 1. The molecule has 96 valence electrons. The van der Waals surface area contributed by atoms with Gasteiger partial charge in [-0.25, -0.2) is 4.98 Å². The van der Waals surface area contributed by atoms with Crippen LogP contribution in [0.25, 0.3) is 11.0 Å². The number of aromatic amines is 1. The lowest BCUT2D eigenvalue weighted by atomic mass is 10.2. The van der Waals surface area contributed by atoms with Gasteiger partial charge in [-0.15, -0.1) is 0 Å². The Kier molecular flexibility index (Phi) is 3.91. The largest absolute Gasteiger partial charge is 0.480 e. The van der Waals surface area contributed by atoms with E-state index in [1.54, 1.807) is 13.4 Å². The predicted molar refractivity (Wildman–Crippen MR) is 68.3 cm³/mol. The van der Waals surface area contributed by atoms with Crippen molar-refractivity contribution < 1.29 is 9.90 Å². The number of carboxylic acid groups (broad SMARTS) is 1. The molecule has 2 rings (SSSR count). The Labute approximate surface area is 104 Å². The predicted octanol–water partition coefficient (Wildman–Crippen LogP) is 0.325. The molecule has 0 spiro atoms. The van der Waals surface area contributed by atoms with Crippen LogP contribution in [-0.4, -0.2) is 40.7 Å². The molecule has 0 aliphatic heterocycles. The lowest BCUT2D eigenvalue weighted by molar-refractivity contribution is -0.139. The number of carbonyl (C=O) groups is 1. The molecule has 0 saturated carbocycles. The van der Waals surface area contributed by atoms with Crippen molar-refractivity contribution in [2.75, 3.05) is 13.6 Å². The molecule has 18 heavy (non-hydrogen) atoms. The molecular weight excluding hydrogens is 232 g/mol. The van der Waals surface area contributed by atoms with Crippen LogP contribution in [0.5, 0.6) is 0 Å². The first-order chi connectivity index (χ1) is 8.70. The van der Waals surface area contributed by atoms with Gasteiger partial charge in [0, 0.05) is 13.1 Å². The summed E-state index contributed by atoms with van der Waals surface area (Å²) in [5, 5.41) is 14.7. The van der Waals surface area contributed by atoms with Crippen LogP contribution in [0.15, 0.2) is 24.5 Å². The lowest BCUT2D eigenvalue weighted by Crippen LogP contribution is -2.42. The van der Waals surface area contributed by atoms with Crippen LogP contribution < -0.4 is 10.6 Å². The van der Waals surface area contributed by atoms with Crippen molar-refractivity contribution >= 4 is 17.0 Å². The molecule has 1 unspecified atom stereocenters. The smallest absolute Gasteiger partial charge is 0.322 e. The minimum Gasteiger partial charge on any atom is -0.480 e. The molecule has 1 atom stereocenters. The van der Waals surface area contributed by atoms with Crippen LogP contribution in [0.4, 0.5) is 0 Å². The first-order valence-corrected chi connectivity index (χ1v) is 5.73. The van der Waals surface area contributed by atoms with Crippen molar-refractivity contribution in [2.24, 2.45) is 0 Å². The van der Waals surface area contributed by atoms with Gasteiger partial charge in [0.2, 0.25) is 0 Å². The fraction of sp³-hybridized carbons (Fsp3) is 0.333. The van der Waals surface area contributed by atoms with Gasteiger partial charge in [0.1, 0.15) is 6.04 Å². The minimum atomic E-state index is -0.853. The molecule has 1 aromatic carbocycles. The Bertz CT molecular complexity index is 538. The average Bonchev–Trinajstić information content (AvgIpc) is 2.81. The number of benzene rings is 1. The molecule has 0 amide bonds. The second kappa shape index (κ2) is 5.61. The highest BCUT2D eigenvalue weighted by atomic mass is 16.4. The number of nitrogens with zero attached hydrogens (tertiary/aromatic N) is 1. The molecule has 2 aromatic rings. The molecule has 1 heterocycles. The number of fused-ring (bicyclic) bond motifs is 1. The minimum absolute atomic E-state index is 0.382. The second-order valence-electron chi connectivity index (χ2n) is 4.06. The van der Waals surface area contributed by atoms with Gasteiger partial charge in [-0.3, -0.25) is 4.79 Å². The second-order valence-corrected chi connectivity index (χ2v) is 4.06. The van der Waals surface area contributed by atoms with Crippen molar-refractivity contribution in [1.29, 1.82) is 0 Å². The van der Waals surface area contributed by atoms with E-state index in [0.717, 1.165) is 16.6 Å². The van der Waals surface area contributed by atoms with E-state index in [9.17, 15) is 4.79 Å². The van der Waals surface area contributed by atoms with Crippen LogP contribution in [0.1, 0.15) is 5.56 Å². The Hall–Kier alpha value is -1.92. The summed E-state index contributed by atoms with van der Waals surface area (Å²) in [4.78, 5) is 18.0. The summed E-state index contributed by atoms with van der Waals surface area (Å²) in [5.41, 5.74) is 3.00. The van der Waals surface area contributed by atoms with E-state index in [-0.39, 0.29) is 0 Å². The van der Waals surface area contributed by atoms with Gasteiger partial charge in [0.15, 0.2) is 0 Å². The Morgan fingerprint density at radius 2 is 2.39 bits per heavy atom. The molecule has 0 fully saturated rings. The molecular formula is C12H16N4O2. The summed E-state index contributed by atoms with van der Waals surface area (Å²) in [6.45, 7) is 1.01. The first kappa shape index (κ1) is 12.5. The van der Waals surface area contributed by atoms with Crippen molar-refractivity contribution in [3.63, 3.8) is 0 Å². The van der Waals surface area contributed by atoms with Gasteiger partial charge in [-0.1, -0.05) is 6.07 Å². The number of aromatic nitrogens is 2. The lowest BCUT2D eigenvalue weighted by Gasteiger charge is -2.12. The molecule has 6 heteroatoms. The van der Waals surface area contributed by atoms with E-state index in [0.29, 0.717) is 13.1 Å². The fourth-order valence-electron chi connectivity index (χ4n) is 1.77. The Morgan fingerprint density at radius 3 is 3.11 bits per heavy atom. The van der Waals surface area contributed by atoms with E-state index < -0.39 is 12.0 Å². The van der Waals surface area contributed by atoms with Crippen molar-refractivity contribution in [3.8, 4) is 0 Å². The normalized spacial score (nSPS) is 12.7. The third kappa shape index (κ3) is 2.85. The molecule has 0 saturated heterocycles. The Morgan fingerprint density at radius 1 is 1.56 bits per heavy atom. The van der Waals surface area contributed by atoms with E-state index in [1.165, 1.54) is 0 Å². The van der Waals surface area contributed by atoms with Gasteiger partial charge in [0.25, 0.3) is 0 Å². The van der Waals surface area contributed by atoms with Gasteiger partial charge in [-0.2, -0.15) is 0 Å². The SMILES string of the molecule is CNC(CNCc1ccc2nc[nH]c2c1)C(=O)O. The maximum atomic E-state index is 10.8. The fourth-order valence-corrected chi connectivity index (χ4v) is 1.77. The maximum Gasteiger partial charge on any atom is 0.322 e. The third-order valence-corrected chi connectivity index (χ3v) is 2.81. The third-order valence-electron chi connectivity index (χ3n) is 2.81. The van der Waals surface area contributed by atoms with Crippen LogP contribution in [-0.2, 0) is 11.3 Å². The quantitative estimate of drug-likeness (QED) is 0.591. The number of rotatable bonds is 6. The van der Waals surface area contributed by atoms with Gasteiger partial charge in [0.05, 0.1) is 17.4 Å². The monoisotopic (exact) mass is 248 g/mol. The van der Waals surface area contributed by atoms with E-state index in [4.69, 9.17) is 5.11 Å². The zero-order valence-corrected chi connectivity index (χ0v) is 10.1. The summed E-state index contributed by atoms with van der Waals surface area (Å²) in [7, 11) is 1.64. The summed E-state index contributed by atoms with van der Waals surface area (Å²) in [5.74, 6) is -0.853. The summed E-state index contributed by atoms with van der Waals surface area (Å²) in [6, 6.07) is 5.35. The zero-order valence-electron chi connectivity index (χ0n) is 10.1. The summed E-state index contributed by atoms with van der Waals surface area (Å²) in [6.07, 6.45) is 1.66. The standard InChI is InChI=1S/C12H16N4O2/c1-13-11(12(17)18)6-14-5-8-2-3-9-10(4-8)16-7-15-9/h2-4,7,11,13-14H,5-6H2,1H3,(H,15,16)(H,17,18). The van der Waals surface area contributed by atoms with Crippen LogP contribution >= 0.6 is 0 Å². The molecule has 6 nitrogen and oxygen atoms in total. The van der Waals surface area contributed by atoms with Crippen molar-refractivity contribution in [1.82, 2.24) is 20.6 Å². The number of hydrogen-bond acceptors (Lipinski definition) is 4. The molecule has 1 aromatic heterocycles. The van der Waals surface area contributed by atoms with Crippen LogP contribution in [0.2, 0.25) is 0 Å².